The molecule has 6 heteroatoms. The minimum Gasteiger partial charge on any atom is -0.396 e. The molecule has 0 amide bonds. The van der Waals surface area contributed by atoms with Crippen LogP contribution in [-0.2, 0) is 5.75 Å². The zero-order valence-corrected chi connectivity index (χ0v) is 10.5. The second-order valence-corrected chi connectivity index (χ2v) is 4.78. The number of benzene rings is 1. The average Bonchev–Trinajstić information content (AvgIpc) is 2.79. The highest BCUT2D eigenvalue weighted by atomic mass is 35.5. The molecule has 1 heterocycles. The molecule has 0 bridgehead atoms. The lowest BCUT2D eigenvalue weighted by Crippen LogP contribution is -1.88. The third-order valence-corrected chi connectivity index (χ3v) is 3.30. The summed E-state index contributed by atoms with van der Waals surface area (Å²) in [5, 5.41) is 13.1. The molecule has 0 unspecified atom stereocenters. The van der Waals surface area contributed by atoms with Crippen molar-refractivity contribution in [2.24, 2.45) is 0 Å². The van der Waals surface area contributed by atoms with Gasteiger partial charge in [-0.05, 0) is 12.1 Å². The van der Waals surface area contributed by atoms with Gasteiger partial charge in [0, 0.05) is 11.3 Å². The molecule has 2 aromatic rings. The highest BCUT2D eigenvalue weighted by Crippen LogP contribution is 2.25. The smallest absolute Gasteiger partial charge is 0.236 e. The van der Waals surface area contributed by atoms with Crippen molar-refractivity contribution in [3.63, 3.8) is 0 Å². The molecular formula is C11H11ClN2O2S. The number of aliphatic hydroxyl groups excluding tert-OH is 1. The zero-order valence-electron chi connectivity index (χ0n) is 8.97. The standard InChI is InChI=1S/C11H11ClN2O2S/c12-9-4-2-1-3-8(9)11-13-10(16-14-11)7-17-6-5-15/h1-4,15H,5-7H2. The molecule has 0 saturated carbocycles. The van der Waals surface area contributed by atoms with Crippen LogP contribution in [0.25, 0.3) is 11.4 Å². The van der Waals surface area contributed by atoms with Gasteiger partial charge in [0.05, 0.1) is 17.4 Å². The highest BCUT2D eigenvalue weighted by Gasteiger charge is 2.10. The van der Waals surface area contributed by atoms with E-state index in [1.54, 1.807) is 6.07 Å². The Morgan fingerprint density at radius 2 is 2.18 bits per heavy atom. The molecule has 0 spiro atoms. The summed E-state index contributed by atoms with van der Waals surface area (Å²) in [6, 6.07) is 7.35. The second-order valence-electron chi connectivity index (χ2n) is 3.27. The lowest BCUT2D eigenvalue weighted by Gasteiger charge is -1.96. The van der Waals surface area contributed by atoms with Crippen LogP contribution in [0.1, 0.15) is 5.89 Å². The van der Waals surface area contributed by atoms with E-state index in [1.807, 2.05) is 18.2 Å². The van der Waals surface area contributed by atoms with Crippen LogP contribution in [-0.4, -0.2) is 27.6 Å². The van der Waals surface area contributed by atoms with Crippen LogP contribution >= 0.6 is 23.4 Å². The number of halogens is 1. The van der Waals surface area contributed by atoms with Crippen molar-refractivity contribution in [1.29, 1.82) is 0 Å². The van der Waals surface area contributed by atoms with E-state index in [0.29, 0.717) is 28.2 Å². The third kappa shape index (κ3) is 3.21. The van der Waals surface area contributed by atoms with Crippen LogP contribution in [0.2, 0.25) is 5.02 Å². The second kappa shape index (κ2) is 6.05. The fraction of sp³-hybridized carbons (Fsp3) is 0.273. The van der Waals surface area contributed by atoms with E-state index in [0.717, 1.165) is 5.56 Å². The predicted octanol–water partition coefficient (Wildman–Crippen LogP) is 2.62. The molecule has 2 rings (SSSR count). The summed E-state index contributed by atoms with van der Waals surface area (Å²) in [4.78, 5) is 4.25. The van der Waals surface area contributed by atoms with Gasteiger partial charge in [-0.15, -0.1) is 11.8 Å². The first kappa shape index (κ1) is 12.4. The summed E-state index contributed by atoms with van der Waals surface area (Å²) < 4.78 is 5.10. The monoisotopic (exact) mass is 270 g/mol. The van der Waals surface area contributed by atoms with E-state index < -0.39 is 0 Å². The van der Waals surface area contributed by atoms with Crippen LogP contribution in [0, 0.1) is 0 Å². The maximum atomic E-state index is 8.66. The van der Waals surface area contributed by atoms with Crippen LogP contribution in [0.15, 0.2) is 28.8 Å². The van der Waals surface area contributed by atoms with Gasteiger partial charge in [0.1, 0.15) is 0 Å². The highest BCUT2D eigenvalue weighted by molar-refractivity contribution is 7.98. The molecule has 0 fully saturated rings. The Morgan fingerprint density at radius 1 is 1.35 bits per heavy atom. The number of aromatic nitrogens is 2. The van der Waals surface area contributed by atoms with Gasteiger partial charge < -0.3 is 9.63 Å². The molecular weight excluding hydrogens is 260 g/mol. The number of nitrogens with zero attached hydrogens (tertiary/aromatic N) is 2. The van der Waals surface area contributed by atoms with Gasteiger partial charge in [-0.3, -0.25) is 0 Å². The van der Waals surface area contributed by atoms with E-state index in [4.69, 9.17) is 21.2 Å². The summed E-state index contributed by atoms with van der Waals surface area (Å²) in [5.41, 5.74) is 0.760. The van der Waals surface area contributed by atoms with Gasteiger partial charge >= 0.3 is 0 Å². The first-order valence-corrected chi connectivity index (χ1v) is 6.60. The van der Waals surface area contributed by atoms with E-state index in [2.05, 4.69) is 10.1 Å². The van der Waals surface area contributed by atoms with Crippen LogP contribution in [0.4, 0.5) is 0 Å². The van der Waals surface area contributed by atoms with E-state index in [1.165, 1.54) is 11.8 Å². The minimum atomic E-state index is 0.149. The SMILES string of the molecule is OCCSCc1nc(-c2ccccc2Cl)no1. The van der Waals surface area contributed by atoms with E-state index >= 15 is 0 Å². The van der Waals surface area contributed by atoms with Crippen LogP contribution in [0.5, 0.6) is 0 Å². The molecule has 0 atom stereocenters. The molecule has 1 aromatic carbocycles. The Balaban J connectivity index is 2.10. The quantitative estimate of drug-likeness (QED) is 0.847. The number of hydrogen-bond acceptors (Lipinski definition) is 5. The molecule has 1 N–H and O–H groups in total. The molecule has 0 aliphatic rings. The molecule has 1 aromatic heterocycles. The average molecular weight is 271 g/mol. The van der Waals surface area contributed by atoms with Crippen LogP contribution in [0.3, 0.4) is 0 Å². The topological polar surface area (TPSA) is 59.2 Å². The Bertz CT molecular complexity index is 490. The van der Waals surface area contributed by atoms with Gasteiger partial charge in [-0.25, -0.2) is 0 Å². The molecule has 17 heavy (non-hydrogen) atoms. The third-order valence-electron chi connectivity index (χ3n) is 2.04. The lowest BCUT2D eigenvalue weighted by molar-refractivity contribution is 0.322. The maximum Gasteiger partial charge on any atom is 0.236 e. The normalized spacial score (nSPS) is 10.7. The van der Waals surface area contributed by atoms with Crippen LogP contribution < -0.4 is 0 Å². The molecule has 90 valence electrons. The summed E-state index contributed by atoms with van der Waals surface area (Å²) in [5.74, 6) is 2.29. The van der Waals surface area contributed by atoms with Crippen molar-refractivity contribution in [1.82, 2.24) is 10.1 Å². The molecule has 0 aliphatic carbocycles. The summed E-state index contributed by atoms with van der Waals surface area (Å²) in [7, 11) is 0. The lowest BCUT2D eigenvalue weighted by atomic mass is 10.2. The maximum absolute atomic E-state index is 8.66. The van der Waals surface area contributed by atoms with E-state index in [-0.39, 0.29) is 6.61 Å². The predicted molar refractivity (Wildman–Crippen MR) is 68.0 cm³/mol. The molecule has 0 saturated heterocycles. The Morgan fingerprint density at radius 3 is 2.94 bits per heavy atom. The first-order valence-electron chi connectivity index (χ1n) is 5.07. The summed E-state index contributed by atoms with van der Waals surface area (Å²) >= 11 is 7.57. The van der Waals surface area contributed by atoms with Crippen molar-refractivity contribution < 1.29 is 9.63 Å². The largest absolute Gasteiger partial charge is 0.396 e. The molecule has 4 nitrogen and oxygen atoms in total. The summed E-state index contributed by atoms with van der Waals surface area (Å²) in [6.45, 7) is 0.149. The Labute approximate surface area is 108 Å². The van der Waals surface area contributed by atoms with E-state index in [9.17, 15) is 0 Å². The van der Waals surface area contributed by atoms with Gasteiger partial charge in [0.25, 0.3) is 0 Å². The summed E-state index contributed by atoms with van der Waals surface area (Å²) in [6.07, 6.45) is 0. The van der Waals surface area contributed by atoms with Gasteiger partial charge in [-0.2, -0.15) is 4.98 Å². The fourth-order valence-corrected chi connectivity index (χ4v) is 2.08. The Hall–Kier alpha value is -1.04. The van der Waals surface area contributed by atoms with Crippen molar-refractivity contribution in [2.45, 2.75) is 5.75 Å². The zero-order chi connectivity index (χ0) is 12.1. The molecule has 0 radical (unpaired) electrons. The number of thioether (sulfide) groups is 1. The number of aliphatic hydroxyl groups is 1. The molecule has 0 aliphatic heterocycles. The minimum absolute atomic E-state index is 0.149. The number of hydrogen-bond donors (Lipinski definition) is 1. The van der Waals surface area contributed by atoms with Crippen molar-refractivity contribution >= 4 is 23.4 Å². The van der Waals surface area contributed by atoms with Crippen molar-refractivity contribution in [3.05, 3.63) is 35.2 Å². The van der Waals surface area contributed by atoms with Crippen molar-refractivity contribution in [3.8, 4) is 11.4 Å². The first-order chi connectivity index (χ1) is 8.31. The number of rotatable bonds is 5. The Kier molecular flexibility index (Phi) is 4.42. The van der Waals surface area contributed by atoms with Gasteiger partial charge in [-0.1, -0.05) is 28.9 Å². The van der Waals surface area contributed by atoms with Crippen molar-refractivity contribution in [2.75, 3.05) is 12.4 Å². The van der Waals surface area contributed by atoms with Gasteiger partial charge in [0.2, 0.25) is 11.7 Å². The fourth-order valence-electron chi connectivity index (χ4n) is 1.29. The van der Waals surface area contributed by atoms with Gasteiger partial charge in [0.15, 0.2) is 0 Å².